The van der Waals surface area contributed by atoms with Crippen LogP contribution in [-0.4, -0.2) is 30.8 Å². The van der Waals surface area contributed by atoms with Gasteiger partial charge in [0.25, 0.3) is 5.91 Å². The molecule has 1 atom stereocenters. The second-order valence-corrected chi connectivity index (χ2v) is 5.46. The summed E-state index contributed by atoms with van der Waals surface area (Å²) in [6, 6.07) is 12.6. The van der Waals surface area contributed by atoms with Crippen LogP contribution in [0.3, 0.4) is 0 Å². The van der Waals surface area contributed by atoms with Crippen molar-refractivity contribution in [3.63, 3.8) is 0 Å². The Morgan fingerprint density at radius 3 is 2.24 bits per heavy atom. The Balaban J connectivity index is 2.00. The van der Waals surface area contributed by atoms with E-state index in [-0.39, 0.29) is 11.8 Å². The normalized spacial score (nSPS) is 11.3. The lowest BCUT2D eigenvalue weighted by molar-refractivity contribution is -0.116. The third kappa shape index (κ3) is 4.81. The maximum Gasteiger partial charge on any atom is 0.251 e. The van der Waals surface area contributed by atoms with Gasteiger partial charge in [-0.15, -0.1) is 0 Å². The van der Waals surface area contributed by atoms with Crippen molar-refractivity contribution < 1.29 is 14.4 Å². The Morgan fingerprint density at radius 1 is 0.960 bits per heavy atom. The molecule has 0 heterocycles. The summed E-state index contributed by atoms with van der Waals surface area (Å²) in [5.41, 5.74) is 7.27. The third-order valence-corrected chi connectivity index (χ3v) is 3.57. The maximum atomic E-state index is 12.3. The van der Waals surface area contributed by atoms with Crippen molar-refractivity contribution >= 4 is 29.1 Å². The molecule has 0 bridgehead atoms. The summed E-state index contributed by atoms with van der Waals surface area (Å²) in [4.78, 5) is 35.0. The van der Waals surface area contributed by atoms with Gasteiger partial charge in [-0.25, -0.2) is 0 Å². The van der Waals surface area contributed by atoms with E-state index in [2.05, 4.69) is 16.0 Å². The van der Waals surface area contributed by atoms with Crippen molar-refractivity contribution in [1.82, 2.24) is 5.32 Å². The van der Waals surface area contributed by atoms with Gasteiger partial charge in [-0.2, -0.15) is 0 Å². The number of amides is 3. The van der Waals surface area contributed by atoms with Crippen LogP contribution in [0.4, 0.5) is 11.4 Å². The SMILES string of the molecule is CNC(=O)c1cccc(N[C@@H](C)C(=O)Nc2ccc(C(N)=O)cc2)c1. The number of primary amides is 1. The number of carbonyl (C=O) groups is 3. The highest BCUT2D eigenvalue weighted by Gasteiger charge is 2.14. The Kier molecular flexibility index (Phi) is 5.73. The van der Waals surface area contributed by atoms with E-state index in [1.165, 1.54) is 0 Å². The van der Waals surface area contributed by atoms with E-state index in [0.29, 0.717) is 22.5 Å². The van der Waals surface area contributed by atoms with Crippen LogP contribution in [0, 0.1) is 0 Å². The Labute approximate surface area is 145 Å². The molecule has 7 heteroatoms. The lowest BCUT2D eigenvalue weighted by atomic mass is 10.1. The lowest BCUT2D eigenvalue weighted by Crippen LogP contribution is -2.32. The van der Waals surface area contributed by atoms with Gasteiger partial charge in [0.2, 0.25) is 11.8 Å². The summed E-state index contributed by atoms with van der Waals surface area (Å²) >= 11 is 0. The standard InChI is InChI=1S/C18H20N4O3/c1-11(21-15-5-3-4-13(10-15)18(25)20-2)17(24)22-14-8-6-12(7-9-14)16(19)23/h3-11,21H,1-2H3,(H2,19,23)(H,20,25)(H,22,24)/t11-/m0/s1. The first-order valence-electron chi connectivity index (χ1n) is 7.70. The van der Waals surface area contributed by atoms with Crippen LogP contribution in [0.5, 0.6) is 0 Å². The summed E-state index contributed by atoms with van der Waals surface area (Å²) in [6.07, 6.45) is 0. The highest BCUT2D eigenvalue weighted by atomic mass is 16.2. The van der Waals surface area contributed by atoms with Crippen LogP contribution in [0.1, 0.15) is 27.6 Å². The molecule has 0 aliphatic heterocycles. The summed E-state index contributed by atoms with van der Waals surface area (Å²) in [6.45, 7) is 1.71. The number of nitrogens with one attached hydrogen (secondary N) is 3. The van der Waals surface area contributed by atoms with Crippen molar-refractivity contribution in [2.75, 3.05) is 17.7 Å². The van der Waals surface area contributed by atoms with Crippen LogP contribution in [-0.2, 0) is 4.79 Å². The first-order valence-corrected chi connectivity index (χ1v) is 7.70. The fraction of sp³-hybridized carbons (Fsp3) is 0.167. The molecule has 5 N–H and O–H groups in total. The number of nitrogens with two attached hydrogens (primary N) is 1. The second-order valence-electron chi connectivity index (χ2n) is 5.46. The molecule has 0 aliphatic carbocycles. The molecule has 0 aliphatic rings. The van der Waals surface area contributed by atoms with E-state index in [0.717, 1.165) is 0 Å². The zero-order valence-electron chi connectivity index (χ0n) is 14.0. The molecule has 0 spiro atoms. The minimum absolute atomic E-state index is 0.199. The minimum Gasteiger partial charge on any atom is -0.374 e. The zero-order chi connectivity index (χ0) is 18.4. The number of carbonyl (C=O) groups excluding carboxylic acids is 3. The molecule has 0 saturated carbocycles. The molecular weight excluding hydrogens is 320 g/mol. The number of hydrogen-bond acceptors (Lipinski definition) is 4. The fourth-order valence-electron chi connectivity index (χ4n) is 2.18. The molecule has 0 unspecified atom stereocenters. The third-order valence-electron chi connectivity index (χ3n) is 3.57. The summed E-state index contributed by atoms with van der Waals surface area (Å²) in [5.74, 6) is -0.976. The first-order chi connectivity index (χ1) is 11.9. The minimum atomic E-state index is -0.532. The van der Waals surface area contributed by atoms with E-state index in [9.17, 15) is 14.4 Å². The molecule has 2 aromatic rings. The van der Waals surface area contributed by atoms with Gasteiger partial charge in [0.15, 0.2) is 0 Å². The Morgan fingerprint density at radius 2 is 1.64 bits per heavy atom. The van der Waals surface area contributed by atoms with E-state index < -0.39 is 11.9 Å². The summed E-state index contributed by atoms with van der Waals surface area (Å²) in [7, 11) is 1.56. The van der Waals surface area contributed by atoms with Gasteiger partial charge in [-0.3, -0.25) is 14.4 Å². The maximum absolute atomic E-state index is 12.3. The molecule has 0 fully saturated rings. The molecule has 0 aromatic heterocycles. The molecule has 7 nitrogen and oxygen atoms in total. The van der Waals surface area contributed by atoms with Gasteiger partial charge < -0.3 is 21.7 Å². The van der Waals surface area contributed by atoms with Gasteiger partial charge in [-0.1, -0.05) is 6.07 Å². The van der Waals surface area contributed by atoms with Crippen molar-refractivity contribution in [2.24, 2.45) is 5.73 Å². The molecule has 25 heavy (non-hydrogen) atoms. The summed E-state index contributed by atoms with van der Waals surface area (Å²) in [5, 5.41) is 8.34. The average molecular weight is 340 g/mol. The van der Waals surface area contributed by atoms with Crippen LogP contribution in [0.2, 0.25) is 0 Å². The lowest BCUT2D eigenvalue weighted by Gasteiger charge is -2.16. The van der Waals surface area contributed by atoms with Crippen LogP contribution < -0.4 is 21.7 Å². The monoisotopic (exact) mass is 340 g/mol. The molecule has 2 rings (SSSR count). The Bertz CT molecular complexity index is 787. The van der Waals surface area contributed by atoms with E-state index in [1.54, 1.807) is 62.5 Å². The molecule has 0 saturated heterocycles. The van der Waals surface area contributed by atoms with Gasteiger partial charge >= 0.3 is 0 Å². The van der Waals surface area contributed by atoms with E-state index in [4.69, 9.17) is 5.73 Å². The molecular formula is C18H20N4O3. The fourth-order valence-corrected chi connectivity index (χ4v) is 2.18. The quantitative estimate of drug-likeness (QED) is 0.639. The first kappa shape index (κ1) is 18.0. The predicted octanol–water partition coefficient (Wildman–Crippen LogP) is 1.58. The van der Waals surface area contributed by atoms with E-state index in [1.807, 2.05) is 0 Å². The highest BCUT2D eigenvalue weighted by molar-refractivity contribution is 5.98. The van der Waals surface area contributed by atoms with Crippen LogP contribution in [0.15, 0.2) is 48.5 Å². The predicted molar refractivity (Wildman–Crippen MR) is 96.5 cm³/mol. The van der Waals surface area contributed by atoms with Gasteiger partial charge in [-0.05, 0) is 49.4 Å². The number of rotatable bonds is 6. The van der Waals surface area contributed by atoms with Gasteiger partial charge in [0, 0.05) is 29.5 Å². The molecule has 3 amide bonds. The van der Waals surface area contributed by atoms with Gasteiger partial charge in [0.1, 0.15) is 6.04 Å². The molecule has 2 aromatic carbocycles. The van der Waals surface area contributed by atoms with Crippen LogP contribution in [0.25, 0.3) is 0 Å². The summed E-state index contributed by atoms with van der Waals surface area (Å²) < 4.78 is 0. The largest absolute Gasteiger partial charge is 0.374 e. The molecule has 130 valence electrons. The topological polar surface area (TPSA) is 113 Å². The zero-order valence-corrected chi connectivity index (χ0v) is 14.0. The average Bonchev–Trinajstić information content (AvgIpc) is 2.61. The van der Waals surface area contributed by atoms with Crippen molar-refractivity contribution in [3.8, 4) is 0 Å². The second kappa shape index (κ2) is 7.96. The Hall–Kier alpha value is -3.35. The highest BCUT2D eigenvalue weighted by Crippen LogP contribution is 2.14. The van der Waals surface area contributed by atoms with Crippen molar-refractivity contribution in [2.45, 2.75) is 13.0 Å². The van der Waals surface area contributed by atoms with Gasteiger partial charge in [0.05, 0.1) is 0 Å². The van der Waals surface area contributed by atoms with Crippen molar-refractivity contribution in [3.05, 3.63) is 59.7 Å². The number of anilines is 2. The number of benzene rings is 2. The smallest absolute Gasteiger partial charge is 0.251 e. The molecule has 0 radical (unpaired) electrons. The number of hydrogen-bond donors (Lipinski definition) is 4. The van der Waals surface area contributed by atoms with Crippen molar-refractivity contribution in [1.29, 1.82) is 0 Å². The van der Waals surface area contributed by atoms with E-state index >= 15 is 0 Å². The van der Waals surface area contributed by atoms with Crippen LogP contribution >= 0.6 is 0 Å².